The highest BCUT2D eigenvalue weighted by atomic mass is 35.5. The summed E-state index contributed by atoms with van der Waals surface area (Å²) in [5.74, 6) is 1.65. The van der Waals surface area contributed by atoms with E-state index in [1.165, 1.54) is 11.8 Å². The third-order valence-corrected chi connectivity index (χ3v) is 6.04. The summed E-state index contributed by atoms with van der Waals surface area (Å²) < 4.78 is 6.66. The van der Waals surface area contributed by atoms with Crippen molar-refractivity contribution in [2.45, 2.75) is 30.5 Å². The Balaban J connectivity index is 1.50. The smallest absolute Gasteiger partial charge is 0.234 e. The Bertz CT molecular complexity index is 932. The Labute approximate surface area is 178 Å². The molecule has 0 bridgehead atoms. The second-order valence-electron chi connectivity index (χ2n) is 7.17. The second-order valence-corrected chi connectivity index (χ2v) is 9.68. The molecule has 1 amide bonds. The van der Waals surface area contributed by atoms with E-state index in [2.05, 4.69) is 36.5 Å². The molecule has 146 valence electrons. The first kappa shape index (κ1) is 20.7. The Hall–Kier alpha value is -2.02. The van der Waals surface area contributed by atoms with Crippen LogP contribution in [0.2, 0.25) is 5.02 Å². The number of rotatable bonds is 6. The molecule has 0 unspecified atom stereocenters. The Morgan fingerprint density at radius 3 is 2.29 bits per heavy atom. The lowest BCUT2D eigenvalue weighted by Gasteiger charge is -2.14. The summed E-state index contributed by atoms with van der Waals surface area (Å²) in [5, 5.41) is 5.61. The molecule has 0 fully saturated rings. The lowest BCUT2D eigenvalue weighted by Crippen LogP contribution is -2.14. The third kappa shape index (κ3) is 5.99. The van der Waals surface area contributed by atoms with E-state index in [4.69, 9.17) is 16.3 Å². The zero-order valence-electron chi connectivity index (χ0n) is 15.9. The van der Waals surface area contributed by atoms with Crippen LogP contribution in [0.25, 0.3) is 0 Å². The second kappa shape index (κ2) is 8.99. The molecule has 1 N–H and O–H groups in total. The van der Waals surface area contributed by atoms with Crippen LogP contribution in [0.4, 0.5) is 5.69 Å². The number of hydrogen-bond donors (Lipinski definition) is 1. The van der Waals surface area contributed by atoms with Crippen molar-refractivity contribution >= 4 is 46.3 Å². The van der Waals surface area contributed by atoms with Crippen LogP contribution in [0.3, 0.4) is 0 Å². The van der Waals surface area contributed by atoms with E-state index < -0.39 is 0 Å². The van der Waals surface area contributed by atoms with Gasteiger partial charge in [-0.05, 0) is 48.5 Å². The maximum absolute atomic E-state index is 12.2. The zero-order valence-corrected chi connectivity index (χ0v) is 18.3. The number of thioether (sulfide) groups is 1. The number of carbonyl (C=O) groups is 1. The minimum Gasteiger partial charge on any atom is -0.457 e. The minimum atomic E-state index is -0.0659. The molecule has 0 aliphatic heterocycles. The van der Waals surface area contributed by atoms with Crippen LogP contribution in [0.15, 0.2) is 58.3 Å². The molecule has 1 aromatic heterocycles. The van der Waals surface area contributed by atoms with Crippen LogP contribution >= 0.6 is 34.7 Å². The fourth-order valence-electron chi connectivity index (χ4n) is 2.24. The van der Waals surface area contributed by atoms with Gasteiger partial charge in [0, 0.05) is 21.5 Å². The molecule has 0 aliphatic rings. The van der Waals surface area contributed by atoms with Crippen LogP contribution in [-0.4, -0.2) is 16.6 Å². The highest BCUT2D eigenvalue weighted by Crippen LogP contribution is 2.29. The summed E-state index contributed by atoms with van der Waals surface area (Å²) in [6.45, 7) is 6.39. The average Bonchev–Trinajstić information content (AvgIpc) is 3.13. The highest BCUT2D eigenvalue weighted by molar-refractivity contribution is 8.01. The first-order chi connectivity index (χ1) is 13.3. The van der Waals surface area contributed by atoms with Gasteiger partial charge < -0.3 is 10.1 Å². The van der Waals surface area contributed by atoms with E-state index in [1.807, 2.05) is 24.3 Å². The highest BCUT2D eigenvalue weighted by Gasteiger charge is 2.18. The Morgan fingerprint density at radius 1 is 1.11 bits per heavy atom. The van der Waals surface area contributed by atoms with Crippen molar-refractivity contribution < 1.29 is 9.53 Å². The lowest BCUT2D eigenvalue weighted by molar-refractivity contribution is -0.113. The maximum Gasteiger partial charge on any atom is 0.234 e. The summed E-state index contributed by atoms with van der Waals surface area (Å²) in [6, 6.07) is 14.4. The molecule has 7 heteroatoms. The van der Waals surface area contributed by atoms with Gasteiger partial charge in [0.15, 0.2) is 4.34 Å². The number of anilines is 1. The number of nitrogens with zero attached hydrogens (tertiary/aromatic N) is 1. The van der Waals surface area contributed by atoms with Crippen LogP contribution in [0.1, 0.15) is 26.5 Å². The molecule has 3 rings (SSSR count). The first-order valence-electron chi connectivity index (χ1n) is 8.72. The fraction of sp³-hybridized carbons (Fsp3) is 0.238. The van der Waals surface area contributed by atoms with Gasteiger partial charge in [-0.1, -0.05) is 44.1 Å². The van der Waals surface area contributed by atoms with Crippen LogP contribution in [0.5, 0.6) is 11.5 Å². The van der Waals surface area contributed by atoms with Crippen molar-refractivity contribution in [3.05, 3.63) is 64.6 Å². The van der Waals surface area contributed by atoms with Gasteiger partial charge in [-0.3, -0.25) is 4.79 Å². The molecule has 1 heterocycles. The number of nitrogens with one attached hydrogen (secondary N) is 1. The van der Waals surface area contributed by atoms with Gasteiger partial charge in [0.1, 0.15) is 11.5 Å². The number of aromatic nitrogens is 1. The minimum absolute atomic E-state index is 0.0212. The van der Waals surface area contributed by atoms with Crippen LogP contribution in [-0.2, 0) is 10.2 Å². The van der Waals surface area contributed by atoms with Gasteiger partial charge in [-0.2, -0.15) is 0 Å². The van der Waals surface area contributed by atoms with Gasteiger partial charge in [-0.15, -0.1) is 11.3 Å². The molecule has 28 heavy (non-hydrogen) atoms. The zero-order chi connectivity index (χ0) is 20.1. The Kier molecular flexibility index (Phi) is 6.65. The topological polar surface area (TPSA) is 51.2 Å². The molecule has 2 aromatic carbocycles. The average molecular weight is 433 g/mol. The molecular formula is C21H21ClN2O2S2. The summed E-state index contributed by atoms with van der Waals surface area (Å²) in [6.07, 6.45) is 0. The molecule has 3 aromatic rings. The van der Waals surface area contributed by atoms with Crippen molar-refractivity contribution in [1.82, 2.24) is 4.98 Å². The van der Waals surface area contributed by atoms with Crippen molar-refractivity contribution in [3.8, 4) is 11.5 Å². The largest absolute Gasteiger partial charge is 0.457 e. The first-order valence-corrected chi connectivity index (χ1v) is 11.0. The number of hydrogen-bond acceptors (Lipinski definition) is 5. The summed E-state index contributed by atoms with van der Waals surface area (Å²) >= 11 is 8.90. The normalized spacial score (nSPS) is 11.3. The predicted octanol–water partition coefficient (Wildman–Crippen LogP) is 6.62. The van der Waals surface area contributed by atoms with Crippen molar-refractivity contribution in [2.75, 3.05) is 11.1 Å². The monoisotopic (exact) mass is 432 g/mol. The molecule has 0 spiro atoms. The number of carbonyl (C=O) groups excluding carboxylic acids is 1. The standard InChI is InChI=1S/C21H21ClN2O2S2/c1-21(2,3)18-12-27-20(24-18)28-13-19(25)23-15-6-10-17(11-7-15)26-16-8-4-14(22)5-9-16/h4-12H,13H2,1-3H3,(H,23,25). The number of amides is 1. The number of ether oxygens (including phenoxy) is 1. The maximum atomic E-state index is 12.2. The van der Waals surface area contributed by atoms with Gasteiger partial charge in [-0.25, -0.2) is 4.98 Å². The predicted molar refractivity (Wildman–Crippen MR) is 118 cm³/mol. The number of thiazole rings is 1. The summed E-state index contributed by atoms with van der Waals surface area (Å²) in [5.41, 5.74) is 1.80. The van der Waals surface area contributed by atoms with Gasteiger partial charge in [0.05, 0.1) is 11.4 Å². The van der Waals surface area contributed by atoms with E-state index in [-0.39, 0.29) is 11.3 Å². The fourth-order valence-corrected chi connectivity index (χ4v) is 4.22. The van der Waals surface area contributed by atoms with Crippen molar-refractivity contribution in [1.29, 1.82) is 0 Å². The molecule has 4 nitrogen and oxygen atoms in total. The Morgan fingerprint density at radius 2 is 1.71 bits per heavy atom. The molecule has 0 saturated carbocycles. The lowest BCUT2D eigenvalue weighted by atomic mass is 9.93. The molecule has 0 aliphatic carbocycles. The number of halogens is 1. The summed E-state index contributed by atoms with van der Waals surface area (Å²) in [7, 11) is 0. The molecular weight excluding hydrogens is 412 g/mol. The summed E-state index contributed by atoms with van der Waals surface area (Å²) in [4.78, 5) is 16.8. The van der Waals surface area contributed by atoms with Crippen molar-refractivity contribution in [2.24, 2.45) is 0 Å². The van der Waals surface area contributed by atoms with E-state index in [1.54, 1.807) is 35.6 Å². The van der Waals surface area contributed by atoms with Gasteiger partial charge in [0.2, 0.25) is 5.91 Å². The number of benzene rings is 2. The van der Waals surface area contributed by atoms with Crippen LogP contribution in [0, 0.1) is 0 Å². The van der Waals surface area contributed by atoms with Gasteiger partial charge >= 0.3 is 0 Å². The van der Waals surface area contributed by atoms with Gasteiger partial charge in [0.25, 0.3) is 0 Å². The van der Waals surface area contributed by atoms with E-state index >= 15 is 0 Å². The van der Waals surface area contributed by atoms with Crippen LogP contribution < -0.4 is 10.1 Å². The quantitative estimate of drug-likeness (QED) is 0.445. The van der Waals surface area contributed by atoms with Crippen molar-refractivity contribution in [3.63, 3.8) is 0 Å². The molecule has 0 atom stereocenters. The molecule has 0 radical (unpaired) electrons. The van der Waals surface area contributed by atoms with E-state index in [0.717, 1.165) is 15.7 Å². The third-order valence-electron chi connectivity index (χ3n) is 3.77. The molecule has 0 saturated heterocycles. The van der Waals surface area contributed by atoms with E-state index in [9.17, 15) is 4.79 Å². The SMILES string of the molecule is CC(C)(C)c1csc(SCC(=O)Nc2ccc(Oc3ccc(Cl)cc3)cc2)n1. The van der Waals surface area contributed by atoms with E-state index in [0.29, 0.717) is 22.3 Å².